The smallest absolute Gasteiger partial charge is 0.257 e. The number of hydrogen-bond acceptors (Lipinski definition) is 3. The molecule has 6 heteroatoms. The van der Waals surface area contributed by atoms with E-state index in [4.69, 9.17) is 4.74 Å². The van der Waals surface area contributed by atoms with Crippen molar-refractivity contribution in [1.29, 1.82) is 0 Å². The van der Waals surface area contributed by atoms with Crippen LogP contribution < -0.4 is 5.32 Å². The fourth-order valence-corrected chi connectivity index (χ4v) is 1.69. The van der Waals surface area contributed by atoms with Gasteiger partial charge in [-0.3, -0.25) is 4.68 Å². The minimum atomic E-state index is -2.36. The number of hydrogen-bond donors (Lipinski definition) is 1. The Morgan fingerprint density at radius 3 is 3.19 bits per heavy atom. The quantitative estimate of drug-likeness (QED) is 0.836. The van der Waals surface area contributed by atoms with Gasteiger partial charge in [0.1, 0.15) is 12.4 Å². The first-order chi connectivity index (χ1) is 7.74. The van der Waals surface area contributed by atoms with Gasteiger partial charge in [-0.2, -0.15) is 5.10 Å². The van der Waals surface area contributed by atoms with E-state index in [1.807, 2.05) is 0 Å². The maximum absolute atomic E-state index is 12.1. The van der Waals surface area contributed by atoms with Gasteiger partial charge in [0.2, 0.25) is 0 Å². The van der Waals surface area contributed by atoms with Gasteiger partial charge in [-0.05, 0) is 6.42 Å². The molecule has 4 nitrogen and oxygen atoms in total. The van der Waals surface area contributed by atoms with E-state index in [0.29, 0.717) is 11.7 Å². The molecule has 2 rings (SSSR count). The maximum Gasteiger partial charge on any atom is 0.257 e. The highest BCUT2D eigenvalue weighted by molar-refractivity contribution is 5.32. The van der Waals surface area contributed by atoms with Gasteiger partial charge in [-0.1, -0.05) is 0 Å². The monoisotopic (exact) mass is 231 g/mol. The van der Waals surface area contributed by atoms with Crippen LogP contribution in [0.5, 0.6) is 0 Å². The Labute approximate surface area is 92.6 Å². The van der Waals surface area contributed by atoms with Crippen molar-refractivity contribution in [2.75, 3.05) is 25.1 Å². The highest BCUT2D eigenvalue weighted by Crippen LogP contribution is 2.13. The molecule has 0 aliphatic carbocycles. The average Bonchev–Trinajstić information content (AvgIpc) is 2.84. The summed E-state index contributed by atoms with van der Waals surface area (Å²) in [4.78, 5) is 0. The van der Waals surface area contributed by atoms with E-state index in [1.54, 1.807) is 12.3 Å². The highest BCUT2D eigenvalue weighted by atomic mass is 19.3. The minimum absolute atomic E-state index is 0.353. The molecule has 1 fully saturated rings. The summed E-state index contributed by atoms with van der Waals surface area (Å²) < 4.78 is 30.6. The Morgan fingerprint density at radius 1 is 1.62 bits per heavy atom. The first-order valence-electron chi connectivity index (χ1n) is 5.37. The molecule has 1 aliphatic rings. The van der Waals surface area contributed by atoms with Crippen molar-refractivity contribution in [2.24, 2.45) is 5.92 Å². The summed E-state index contributed by atoms with van der Waals surface area (Å²) in [7, 11) is 0. The topological polar surface area (TPSA) is 39.1 Å². The normalized spacial score (nSPS) is 20.6. The minimum Gasteiger partial charge on any atom is -0.381 e. The Hall–Kier alpha value is -1.17. The lowest BCUT2D eigenvalue weighted by Crippen LogP contribution is -2.15. The summed E-state index contributed by atoms with van der Waals surface area (Å²) in [6, 6.07) is 1.71. The third-order valence-electron chi connectivity index (χ3n) is 2.56. The zero-order valence-corrected chi connectivity index (χ0v) is 8.90. The zero-order chi connectivity index (χ0) is 11.4. The lowest BCUT2D eigenvalue weighted by Gasteiger charge is -2.07. The lowest BCUT2D eigenvalue weighted by molar-refractivity contribution is 0.122. The summed E-state index contributed by atoms with van der Waals surface area (Å²) in [5.74, 6) is 1.15. The van der Waals surface area contributed by atoms with Crippen LogP contribution in [0.1, 0.15) is 6.42 Å². The van der Waals surface area contributed by atoms with Crippen LogP contribution in [0.3, 0.4) is 0 Å². The molecule has 0 amide bonds. The van der Waals surface area contributed by atoms with Crippen LogP contribution in [0.2, 0.25) is 0 Å². The summed E-state index contributed by atoms with van der Waals surface area (Å²) in [5, 5.41) is 7.12. The molecule has 1 saturated heterocycles. The van der Waals surface area contributed by atoms with Crippen molar-refractivity contribution < 1.29 is 13.5 Å². The van der Waals surface area contributed by atoms with Gasteiger partial charge in [0, 0.05) is 31.3 Å². The largest absolute Gasteiger partial charge is 0.381 e. The van der Waals surface area contributed by atoms with E-state index in [0.717, 1.165) is 26.2 Å². The Balaban J connectivity index is 1.78. The molecule has 1 unspecified atom stereocenters. The van der Waals surface area contributed by atoms with Crippen LogP contribution >= 0.6 is 0 Å². The fraction of sp³-hybridized carbons (Fsp3) is 0.700. The second kappa shape index (κ2) is 5.25. The van der Waals surface area contributed by atoms with E-state index >= 15 is 0 Å². The van der Waals surface area contributed by atoms with Crippen LogP contribution in [0.4, 0.5) is 14.6 Å². The molecule has 1 N–H and O–H groups in total. The summed E-state index contributed by atoms with van der Waals surface area (Å²) in [5.41, 5.74) is 0. The summed E-state index contributed by atoms with van der Waals surface area (Å²) >= 11 is 0. The van der Waals surface area contributed by atoms with Crippen molar-refractivity contribution in [3.05, 3.63) is 12.3 Å². The number of aromatic nitrogens is 2. The second-order valence-corrected chi connectivity index (χ2v) is 3.92. The molecule has 0 spiro atoms. The first-order valence-corrected chi connectivity index (χ1v) is 5.37. The van der Waals surface area contributed by atoms with Gasteiger partial charge in [-0.15, -0.1) is 0 Å². The van der Waals surface area contributed by atoms with Crippen LogP contribution in [-0.4, -0.2) is 36.0 Å². The van der Waals surface area contributed by atoms with Crippen molar-refractivity contribution in [3.63, 3.8) is 0 Å². The number of alkyl halides is 2. The standard InChI is InChI=1S/C10H15F2N3O/c11-9(12)6-15-3-1-10(14-15)13-5-8-2-4-16-7-8/h1,3,8-9H,2,4-7H2,(H,13,14). The average molecular weight is 231 g/mol. The van der Waals surface area contributed by atoms with Crippen molar-refractivity contribution >= 4 is 5.82 Å². The van der Waals surface area contributed by atoms with Crippen LogP contribution in [-0.2, 0) is 11.3 Å². The van der Waals surface area contributed by atoms with Gasteiger partial charge < -0.3 is 10.1 Å². The number of nitrogens with zero attached hydrogens (tertiary/aromatic N) is 2. The van der Waals surface area contributed by atoms with Crippen molar-refractivity contribution in [1.82, 2.24) is 9.78 Å². The van der Waals surface area contributed by atoms with Crippen LogP contribution in [0.15, 0.2) is 12.3 Å². The van der Waals surface area contributed by atoms with E-state index in [-0.39, 0.29) is 6.54 Å². The summed E-state index contributed by atoms with van der Waals surface area (Å²) in [6.45, 7) is 2.01. The third-order valence-corrected chi connectivity index (χ3v) is 2.56. The van der Waals surface area contributed by atoms with Crippen LogP contribution in [0.25, 0.3) is 0 Å². The molecule has 16 heavy (non-hydrogen) atoms. The molecule has 0 radical (unpaired) electrons. The summed E-state index contributed by atoms with van der Waals surface area (Å²) in [6.07, 6.45) is 0.237. The van der Waals surface area contributed by atoms with Crippen molar-refractivity contribution in [3.8, 4) is 0 Å². The predicted octanol–water partition coefficient (Wildman–Crippen LogP) is 1.60. The predicted molar refractivity (Wildman–Crippen MR) is 55.6 cm³/mol. The molecule has 0 bridgehead atoms. The van der Waals surface area contributed by atoms with E-state index in [1.165, 1.54) is 4.68 Å². The third kappa shape index (κ3) is 3.16. The Bertz CT molecular complexity index is 324. The van der Waals surface area contributed by atoms with Crippen molar-refractivity contribution in [2.45, 2.75) is 19.4 Å². The second-order valence-electron chi connectivity index (χ2n) is 3.92. The first kappa shape index (κ1) is 11.3. The SMILES string of the molecule is FC(F)Cn1ccc(NCC2CCOC2)n1. The van der Waals surface area contributed by atoms with Gasteiger partial charge >= 0.3 is 0 Å². The molecule has 90 valence electrons. The van der Waals surface area contributed by atoms with E-state index < -0.39 is 6.43 Å². The fourth-order valence-electron chi connectivity index (χ4n) is 1.69. The maximum atomic E-state index is 12.1. The van der Waals surface area contributed by atoms with Gasteiger partial charge in [0.15, 0.2) is 0 Å². The number of nitrogens with one attached hydrogen (secondary N) is 1. The number of anilines is 1. The molecule has 1 aromatic rings. The lowest BCUT2D eigenvalue weighted by atomic mass is 10.1. The van der Waals surface area contributed by atoms with E-state index in [9.17, 15) is 8.78 Å². The highest BCUT2D eigenvalue weighted by Gasteiger charge is 2.15. The number of ether oxygens (including phenoxy) is 1. The Kier molecular flexibility index (Phi) is 3.71. The molecular formula is C10H15F2N3O. The molecule has 1 aliphatic heterocycles. The van der Waals surface area contributed by atoms with Gasteiger partial charge in [0.25, 0.3) is 6.43 Å². The van der Waals surface area contributed by atoms with Gasteiger partial charge in [0.05, 0.1) is 6.61 Å². The molecule has 1 atom stereocenters. The molecule has 1 aromatic heterocycles. The Morgan fingerprint density at radius 2 is 2.50 bits per heavy atom. The van der Waals surface area contributed by atoms with Gasteiger partial charge in [-0.25, -0.2) is 8.78 Å². The zero-order valence-electron chi connectivity index (χ0n) is 8.90. The molecule has 0 saturated carbocycles. The van der Waals surface area contributed by atoms with E-state index in [2.05, 4.69) is 10.4 Å². The molecular weight excluding hydrogens is 216 g/mol. The molecule has 2 heterocycles. The van der Waals surface area contributed by atoms with Crippen LogP contribution in [0, 0.1) is 5.92 Å². The number of halogens is 2. The molecule has 0 aromatic carbocycles. The number of rotatable bonds is 5.